The molecule has 0 saturated heterocycles. The van der Waals surface area contributed by atoms with E-state index in [1.807, 2.05) is 25.1 Å². The van der Waals surface area contributed by atoms with Gasteiger partial charge in [-0.05, 0) is 30.7 Å². The number of rotatable bonds is 5. The van der Waals surface area contributed by atoms with E-state index in [1.165, 1.54) is 6.07 Å². The lowest BCUT2D eigenvalue weighted by atomic mass is 10.1. The fourth-order valence-corrected chi connectivity index (χ4v) is 2.55. The molecule has 0 aliphatic rings. The molecular weight excluding hydrogens is 315 g/mol. The summed E-state index contributed by atoms with van der Waals surface area (Å²) in [7, 11) is 0. The molecule has 0 aliphatic carbocycles. The van der Waals surface area contributed by atoms with E-state index >= 15 is 0 Å². The first kappa shape index (κ1) is 15.5. The van der Waals surface area contributed by atoms with Crippen LogP contribution >= 0.6 is 11.6 Å². The van der Waals surface area contributed by atoms with Gasteiger partial charge in [0.1, 0.15) is 5.82 Å². The molecule has 0 atom stereocenters. The standard InChI is InChI=1S/C17H16ClFN4/c1-11-5-6-12-13(7-8-22-17(12)16(11)18)20-9-10-21-15-4-2-3-14(19)23-15/h2-8H,9-10H2,1H3,(H,20,22)(H,21,23). The fourth-order valence-electron chi connectivity index (χ4n) is 2.33. The Morgan fingerprint density at radius 3 is 2.74 bits per heavy atom. The van der Waals surface area contributed by atoms with Crippen LogP contribution in [0.15, 0.2) is 42.6 Å². The largest absolute Gasteiger partial charge is 0.383 e. The maximum atomic E-state index is 13.0. The van der Waals surface area contributed by atoms with Crippen LogP contribution in [0.1, 0.15) is 5.56 Å². The van der Waals surface area contributed by atoms with Crippen LogP contribution in [0.2, 0.25) is 5.02 Å². The molecule has 23 heavy (non-hydrogen) atoms. The minimum absolute atomic E-state index is 0.493. The zero-order chi connectivity index (χ0) is 16.2. The first-order valence-corrected chi connectivity index (χ1v) is 7.67. The molecule has 0 saturated carbocycles. The highest BCUT2D eigenvalue weighted by atomic mass is 35.5. The Morgan fingerprint density at radius 1 is 1.09 bits per heavy atom. The Labute approximate surface area is 138 Å². The molecule has 0 spiro atoms. The lowest BCUT2D eigenvalue weighted by Gasteiger charge is -2.11. The van der Waals surface area contributed by atoms with Gasteiger partial charge in [-0.15, -0.1) is 0 Å². The summed E-state index contributed by atoms with van der Waals surface area (Å²) in [6.45, 7) is 3.22. The van der Waals surface area contributed by atoms with Crippen molar-refractivity contribution in [2.45, 2.75) is 6.92 Å². The van der Waals surface area contributed by atoms with Crippen molar-refractivity contribution < 1.29 is 4.39 Å². The van der Waals surface area contributed by atoms with Crippen molar-refractivity contribution in [1.29, 1.82) is 0 Å². The van der Waals surface area contributed by atoms with Crippen molar-refractivity contribution >= 4 is 34.0 Å². The van der Waals surface area contributed by atoms with E-state index in [9.17, 15) is 4.39 Å². The van der Waals surface area contributed by atoms with Gasteiger partial charge in [-0.2, -0.15) is 4.39 Å². The number of pyridine rings is 2. The highest BCUT2D eigenvalue weighted by Gasteiger charge is 2.07. The zero-order valence-corrected chi connectivity index (χ0v) is 13.4. The summed E-state index contributed by atoms with van der Waals surface area (Å²) in [5.41, 5.74) is 2.75. The third-order valence-corrected chi connectivity index (χ3v) is 3.98. The predicted octanol–water partition coefficient (Wildman–Crippen LogP) is 4.25. The van der Waals surface area contributed by atoms with Gasteiger partial charge in [-0.1, -0.05) is 29.8 Å². The second-order valence-corrected chi connectivity index (χ2v) is 5.53. The van der Waals surface area contributed by atoms with Crippen LogP contribution in [0.3, 0.4) is 0 Å². The summed E-state index contributed by atoms with van der Waals surface area (Å²) in [6.07, 6.45) is 1.73. The Hall–Kier alpha value is -2.40. The van der Waals surface area contributed by atoms with E-state index in [0.717, 1.165) is 22.2 Å². The Balaban J connectivity index is 1.67. The number of benzene rings is 1. The summed E-state index contributed by atoms with van der Waals surface area (Å²) >= 11 is 6.31. The molecule has 2 heterocycles. The molecule has 0 unspecified atom stereocenters. The molecule has 0 fully saturated rings. The molecule has 0 aliphatic heterocycles. The smallest absolute Gasteiger partial charge is 0.214 e. The van der Waals surface area contributed by atoms with E-state index in [1.54, 1.807) is 18.3 Å². The summed E-state index contributed by atoms with van der Waals surface area (Å²) in [6, 6.07) is 10.6. The number of nitrogens with zero attached hydrogens (tertiary/aromatic N) is 2. The zero-order valence-electron chi connectivity index (χ0n) is 12.6. The average molecular weight is 331 g/mol. The number of halogens is 2. The number of hydrogen-bond acceptors (Lipinski definition) is 4. The maximum absolute atomic E-state index is 13.0. The summed E-state index contributed by atoms with van der Waals surface area (Å²) < 4.78 is 13.0. The molecule has 3 rings (SSSR count). The Kier molecular flexibility index (Phi) is 4.57. The molecule has 6 heteroatoms. The van der Waals surface area contributed by atoms with Gasteiger partial charge >= 0.3 is 0 Å². The second kappa shape index (κ2) is 6.79. The predicted molar refractivity (Wildman–Crippen MR) is 92.7 cm³/mol. The van der Waals surface area contributed by atoms with Crippen LogP contribution in [0.4, 0.5) is 15.9 Å². The maximum Gasteiger partial charge on any atom is 0.214 e. The number of anilines is 2. The number of nitrogens with one attached hydrogen (secondary N) is 2. The van der Waals surface area contributed by atoms with Crippen LogP contribution in [0, 0.1) is 12.9 Å². The molecule has 3 aromatic rings. The first-order chi connectivity index (χ1) is 11.1. The topological polar surface area (TPSA) is 49.8 Å². The normalized spacial score (nSPS) is 10.7. The Bertz CT molecular complexity index is 838. The van der Waals surface area contributed by atoms with Crippen molar-refractivity contribution in [2.24, 2.45) is 0 Å². The van der Waals surface area contributed by atoms with Crippen LogP contribution in [-0.2, 0) is 0 Å². The molecule has 1 aromatic carbocycles. The SMILES string of the molecule is Cc1ccc2c(NCCNc3cccc(F)n3)ccnc2c1Cl. The van der Waals surface area contributed by atoms with Crippen molar-refractivity contribution in [2.75, 3.05) is 23.7 Å². The van der Waals surface area contributed by atoms with Crippen LogP contribution < -0.4 is 10.6 Å². The molecule has 0 radical (unpaired) electrons. The molecule has 4 nitrogen and oxygen atoms in total. The van der Waals surface area contributed by atoms with Gasteiger partial charge in [0.05, 0.1) is 10.5 Å². The van der Waals surface area contributed by atoms with Crippen molar-refractivity contribution in [3.05, 3.63) is 59.1 Å². The van der Waals surface area contributed by atoms with Gasteiger partial charge in [-0.3, -0.25) is 4.98 Å². The minimum Gasteiger partial charge on any atom is -0.383 e. The molecule has 0 amide bonds. The van der Waals surface area contributed by atoms with E-state index < -0.39 is 5.95 Å². The lowest BCUT2D eigenvalue weighted by molar-refractivity contribution is 0.585. The molecule has 2 aromatic heterocycles. The highest BCUT2D eigenvalue weighted by molar-refractivity contribution is 6.36. The number of fused-ring (bicyclic) bond motifs is 1. The fraction of sp³-hybridized carbons (Fsp3) is 0.176. The second-order valence-electron chi connectivity index (χ2n) is 5.15. The lowest BCUT2D eigenvalue weighted by Crippen LogP contribution is -2.14. The van der Waals surface area contributed by atoms with Crippen molar-refractivity contribution in [3.63, 3.8) is 0 Å². The van der Waals surface area contributed by atoms with Gasteiger partial charge in [0, 0.05) is 30.4 Å². The average Bonchev–Trinajstić information content (AvgIpc) is 2.55. The number of aryl methyl sites for hydroxylation is 1. The third kappa shape index (κ3) is 3.51. The van der Waals surface area contributed by atoms with Crippen LogP contribution in [-0.4, -0.2) is 23.1 Å². The molecule has 2 N–H and O–H groups in total. The molecule has 0 bridgehead atoms. The van der Waals surface area contributed by atoms with Crippen molar-refractivity contribution in [3.8, 4) is 0 Å². The van der Waals surface area contributed by atoms with E-state index in [-0.39, 0.29) is 0 Å². The van der Waals surface area contributed by atoms with Gasteiger partial charge in [0.2, 0.25) is 5.95 Å². The third-order valence-electron chi connectivity index (χ3n) is 3.51. The van der Waals surface area contributed by atoms with Gasteiger partial charge < -0.3 is 10.6 Å². The van der Waals surface area contributed by atoms with Crippen LogP contribution in [0.5, 0.6) is 0 Å². The van der Waals surface area contributed by atoms with Gasteiger partial charge in [0.15, 0.2) is 0 Å². The van der Waals surface area contributed by atoms with E-state index in [2.05, 4.69) is 20.6 Å². The monoisotopic (exact) mass is 330 g/mol. The highest BCUT2D eigenvalue weighted by Crippen LogP contribution is 2.29. The minimum atomic E-state index is -0.493. The number of hydrogen-bond donors (Lipinski definition) is 2. The molecular formula is C17H16ClFN4. The molecule has 118 valence electrons. The van der Waals surface area contributed by atoms with E-state index in [4.69, 9.17) is 11.6 Å². The number of aromatic nitrogens is 2. The van der Waals surface area contributed by atoms with E-state index in [0.29, 0.717) is 23.9 Å². The Morgan fingerprint density at radius 2 is 1.91 bits per heavy atom. The van der Waals surface area contributed by atoms with Crippen molar-refractivity contribution in [1.82, 2.24) is 9.97 Å². The summed E-state index contributed by atoms with van der Waals surface area (Å²) in [4.78, 5) is 8.10. The first-order valence-electron chi connectivity index (χ1n) is 7.29. The van der Waals surface area contributed by atoms with Gasteiger partial charge in [-0.25, -0.2) is 4.98 Å². The summed E-state index contributed by atoms with van der Waals surface area (Å²) in [5.74, 6) is 0.0261. The quantitative estimate of drug-likeness (QED) is 0.542. The van der Waals surface area contributed by atoms with Gasteiger partial charge in [0.25, 0.3) is 0 Å². The summed E-state index contributed by atoms with van der Waals surface area (Å²) in [5, 5.41) is 8.06. The van der Waals surface area contributed by atoms with Crippen LogP contribution in [0.25, 0.3) is 10.9 Å².